The van der Waals surface area contributed by atoms with Gasteiger partial charge in [0.05, 0.1) is 12.1 Å². The molecular formula is C9H12N2O4. The number of amides is 1. The fraction of sp³-hybridized carbons (Fsp3) is 0.444. The summed E-state index contributed by atoms with van der Waals surface area (Å²) < 4.78 is 4.56. The third kappa shape index (κ3) is 4.80. The minimum Gasteiger partial charge on any atom is -0.481 e. The average Bonchev–Trinajstić information content (AvgIpc) is 2.64. The minimum absolute atomic E-state index is 0.0598. The van der Waals surface area contributed by atoms with Crippen molar-refractivity contribution in [2.45, 2.75) is 19.3 Å². The number of rotatable bonds is 6. The van der Waals surface area contributed by atoms with Crippen LogP contribution in [0.5, 0.6) is 0 Å². The molecule has 6 heteroatoms. The summed E-state index contributed by atoms with van der Waals surface area (Å²) in [6.45, 7) is 0.364. The van der Waals surface area contributed by atoms with E-state index in [0.29, 0.717) is 18.7 Å². The zero-order valence-corrected chi connectivity index (χ0v) is 8.10. The molecule has 1 amide bonds. The molecule has 0 saturated heterocycles. The maximum absolute atomic E-state index is 11.2. The van der Waals surface area contributed by atoms with E-state index < -0.39 is 5.97 Å². The molecule has 1 heterocycles. The maximum atomic E-state index is 11.2. The van der Waals surface area contributed by atoms with Gasteiger partial charge >= 0.3 is 5.97 Å². The molecular weight excluding hydrogens is 200 g/mol. The summed E-state index contributed by atoms with van der Waals surface area (Å²) in [5.74, 6) is -1.05. The molecule has 0 bridgehead atoms. The van der Waals surface area contributed by atoms with Crippen LogP contribution in [0.15, 0.2) is 16.9 Å². The lowest BCUT2D eigenvalue weighted by molar-refractivity contribution is -0.137. The lowest BCUT2D eigenvalue weighted by Gasteiger charge is -2.01. The molecule has 1 rings (SSSR count). The number of nitrogens with zero attached hydrogens (tertiary/aromatic N) is 1. The summed E-state index contributed by atoms with van der Waals surface area (Å²) in [6, 6.07) is 1.61. The molecule has 82 valence electrons. The first-order chi connectivity index (χ1) is 7.18. The highest BCUT2D eigenvalue weighted by Crippen LogP contribution is 1.95. The van der Waals surface area contributed by atoms with Gasteiger partial charge in [0.1, 0.15) is 6.26 Å². The summed E-state index contributed by atoms with van der Waals surface area (Å²) in [7, 11) is 0. The number of carboxylic acid groups (broad SMARTS) is 1. The van der Waals surface area contributed by atoms with Crippen molar-refractivity contribution >= 4 is 11.9 Å². The Morgan fingerprint density at radius 2 is 2.33 bits per heavy atom. The molecule has 0 unspecified atom stereocenters. The fourth-order valence-corrected chi connectivity index (χ4v) is 1.02. The maximum Gasteiger partial charge on any atom is 0.303 e. The van der Waals surface area contributed by atoms with Crippen molar-refractivity contribution in [3.63, 3.8) is 0 Å². The highest BCUT2D eigenvalue weighted by Gasteiger charge is 2.05. The standard InChI is InChI=1S/C9H12N2O4/c12-8(6-7-3-5-15-11-7)10-4-1-2-9(13)14/h3,5H,1-2,4,6H2,(H,10,12)(H,13,14). The van der Waals surface area contributed by atoms with Crippen LogP contribution in [-0.2, 0) is 16.0 Å². The number of carbonyl (C=O) groups is 2. The molecule has 1 aromatic heterocycles. The fourth-order valence-electron chi connectivity index (χ4n) is 1.02. The predicted molar refractivity (Wildman–Crippen MR) is 50.1 cm³/mol. The van der Waals surface area contributed by atoms with Crippen molar-refractivity contribution in [3.05, 3.63) is 18.0 Å². The van der Waals surface area contributed by atoms with E-state index in [4.69, 9.17) is 5.11 Å². The van der Waals surface area contributed by atoms with Gasteiger partial charge in [0.2, 0.25) is 5.91 Å². The van der Waals surface area contributed by atoms with Crippen LogP contribution in [0.25, 0.3) is 0 Å². The third-order valence-corrected chi connectivity index (χ3v) is 1.72. The molecule has 0 atom stereocenters. The second kappa shape index (κ2) is 5.79. The molecule has 15 heavy (non-hydrogen) atoms. The number of carbonyl (C=O) groups excluding carboxylic acids is 1. The van der Waals surface area contributed by atoms with Gasteiger partial charge < -0.3 is 14.9 Å². The first-order valence-electron chi connectivity index (χ1n) is 4.56. The first kappa shape index (κ1) is 11.2. The topological polar surface area (TPSA) is 92.4 Å². The lowest BCUT2D eigenvalue weighted by atomic mass is 10.3. The first-order valence-corrected chi connectivity index (χ1v) is 4.56. The Bertz CT molecular complexity index is 321. The molecule has 0 spiro atoms. The summed E-state index contributed by atoms with van der Waals surface area (Å²) in [5, 5.41) is 14.5. The molecule has 0 aliphatic carbocycles. The van der Waals surface area contributed by atoms with Crippen molar-refractivity contribution in [2.75, 3.05) is 6.54 Å². The largest absolute Gasteiger partial charge is 0.481 e. The van der Waals surface area contributed by atoms with Gasteiger partial charge in [-0.05, 0) is 6.42 Å². The average molecular weight is 212 g/mol. The second-order valence-electron chi connectivity index (χ2n) is 3.01. The summed E-state index contributed by atoms with van der Waals surface area (Å²) in [6.07, 6.45) is 2.04. The number of hydrogen-bond donors (Lipinski definition) is 2. The van der Waals surface area contributed by atoms with Gasteiger partial charge in [-0.1, -0.05) is 5.16 Å². The number of nitrogens with one attached hydrogen (secondary N) is 1. The highest BCUT2D eigenvalue weighted by molar-refractivity contribution is 5.78. The molecule has 0 aromatic carbocycles. The smallest absolute Gasteiger partial charge is 0.303 e. The van der Waals surface area contributed by atoms with E-state index >= 15 is 0 Å². The van der Waals surface area contributed by atoms with Crippen molar-refractivity contribution < 1.29 is 19.2 Å². The van der Waals surface area contributed by atoms with E-state index in [9.17, 15) is 9.59 Å². The van der Waals surface area contributed by atoms with Crippen LogP contribution in [0.3, 0.4) is 0 Å². The molecule has 0 aliphatic heterocycles. The lowest BCUT2D eigenvalue weighted by Crippen LogP contribution is -2.26. The van der Waals surface area contributed by atoms with E-state index in [1.165, 1.54) is 6.26 Å². The number of aromatic nitrogens is 1. The highest BCUT2D eigenvalue weighted by atomic mass is 16.5. The van der Waals surface area contributed by atoms with Crippen LogP contribution in [-0.4, -0.2) is 28.7 Å². The SMILES string of the molecule is O=C(O)CCCNC(=O)Cc1ccon1. The van der Waals surface area contributed by atoms with Gasteiger partial charge in [-0.2, -0.15) is 0 Å². The van der Waals surface area contributed by atoms with Gasteiger partial charge in [-0.25, -0.2) is 0 Å². The van der Waals surface area contributed by atoms with Gasteiger partial charge in [0, 0.05) is 19.0 Å². The molecule has 0 saturated carbocycles. The van der Waals surface area contributed by atoms with Crippen molar-refractivity contribution in [2.24, 2.45) is 0 Å². The number of aliphatic carboxylic acids is 1. The Morgan fingerprint density at radius 1 is 1.53 bits per heavy atom. The van der Waals surface area contributed by atoms with Crippen LogP contribution in [0, 0.1) is 0 Å². The van der Waals surface area contributed by atoms with Crippen LogP contribution in [0.1, 0.15) is 18.5 Å². The molecule has 0 aliphatic rings. The monoisotopic (exact) mass is 212 g/mol. The number of hydrogen-bond acceptors (Lipinski definition) is 4. The minimum atomic E-state index is -0.860. The Morgan fingerprint density at radius 3 is 2.93 bits per heavy atom. The van der Waals surface area contributed by atoms with E-state index in [0.717, 1.165) is 0 Å². The molecule has 0 fully saturated rings. The molecule has 6 nitrogen and oxygen atoms in total. The Hall–Kier alpha value is -1.85. The van der Waals surface area contributed by atoms with Gasteiger partial charge in [0.15, 0.2) is 0 Å². The zero-order chi connectivity index (χ0) is 11.1. The van der Waals surface area contributed by atoms with Crippen LogP contribution in [0.4, 0.5) is 0 Å². The molecule has 0 radical (unpaired) electrons. The Labute approximate surface area is 86.3 Å². The van der Waals surface area contributed by atoms with Crippen molar-refractivity contribution in [1.29, 1.82) is 0 Å². The summed E-state index contributed by atoms with van der Waals surface area (Å²) in [4.78, 5) is 21.4. The van der Waals surface area contributed by atoms with Crippen molar-refractivity contribution in [3.8, 4) is 0 Å². The van der Waals surface area contributed by atoms with E-state index in [-0.39, 0.29) is 18.7 Å². The van der Waals surface area contributed by atoms with E-state index in [1.54, 1.807) is 6.07 Å². The summed E-state index contributed by atoms with van der Waals surface area (Å²) >= 11 is 0. The molecule has 1 aromatic rings. The van der Waals surface area contributed by atoms with Crippen LogP contribution < -0.4 is 5.32 Å². The predicted octanol–water partition coefficient (Wildman–Crippen LogP) is 0.198. The quantitative estimate of drug-likeness (QED) is 0.657. The third-order valence-electron chi connectivity index (χ3n) is 1.72. The van der Waals surface area contributed by atoms with Gasteiger partial charge in [-0.3, -0.25) is 9.59 Å². The van der Waals surface area contributed by atoms with E-state index in [2.05, 4.69) is 15.0 Å². The molecule has 2 N–H and O–H groups in total. The Balaban J connectivity index is 2.11. The van der Waals surface area contributed by atoms with Gasteiger partial charge in [-0.15, -0.1) is 0 Å². The Kier molecular flexibility index (Phi) is 4.33. The van der Waals surface area contributed by atoms with Gasteiger partial charge in [0.25, 0.3) is 0 Å². The summed E-state index contributed by atoms with van der Waals surface area (Å²) in [5.41, 5.74) is 0.561. The number of carboxylic acids is 1. The van der Waals surface area contributed by atoms with Crippen LogP contribution in [0.2, 0.25) is 0 Å². The van der Waals surface area contributed by atoms with Crippen LogP contribution >= 0.6 is 0 Å². The zero-order valence-electron chi connectivity index (χ0n) is 8.10. The van der Waals surface area contributed by atoms with Crippen molar-refractivity contribution in [1.82, 2.24) is 10.5 Å². The van der Waals surface area contributed by atoms with E-state index in [1.807, 2.05) is 0 Å². The second-order valence-corrected chi connectivity index (χ2v) is 3.01. The normalized spacial score (nSPS) is 9.87.